The second-order valence-corrected chi connectivity index (χ2v) is 13.2. The van der Waals surface area contributed by atoms with Crippen molar-refractivity contribution in [1.29, 1.82) is 0 Å². The Balaban J connectivity index is 1.18. The SMILES string of the molecule is Fc1c(-c2cccc3cccc(-c4c[nH]nn4)c23)ncc2c(N3CCC4CNC(C4)C3)nc(OCC34CCCN3CCC4)nc12. The van der Waals surface area contributed by atoms with E-state index >= 15 is 4.39 Å². The average Bonchev–Trinajstić information content (AvgIpc) is 3.85. The highest BCUT2D eigenvalue weighted by atomic mass is 19.1. The van der Waals surface area contributed by atoms with Gasteiger partial charge >= 0.3 is 6.01 Å². The molecule has 2 atom stereocenters. The molecule has 4 aliphatic rings. The highest BCUT2D eigenvalue weighted by Gasteiger charge is 2.45. The predicted molar refractivity (Wildman–Crippen MR) is 171 cm³/mol. The molecule has 4 aliphatic heterocycles. The molecular weight excluding hydrogens is 569 g/mol. The first-order valence-corrected chi connectivity index (χ1v) is 16.3. The zero-order valence-electron chi connectivity index (χ0n) is 25.2. The van der Waals surface area contributed by atoms with Crippen LogP contribution in [0.15, 0.2) is 48.8 Å². The fourth-order valence-electron chi connectivity index (χ4n) is 8.41. The number of aromatic nitrogens is 6. The van der Waals surface area contributed by atoms with Crippen molar-refractivity contribution >= 4 is 27.5 Å². The van der Waals surface area contributed by atoms with E-state index in [2.05, 4.69) is 30.5 Å². The molecule has 2 unspecified atom stereocenters. The molecule has 230 valence electrons. The van der Waals surface area contributed by atoms with Gasteiger partial charge in [0.1, 0.15) is 29.3 Å². The van der Waals surface area contributed by atoms with E-state index in [1.54, 1.807) is 12.4 Å². The Morgan fingerprint density at radius 2 is 1.87 bits per heavy atom. The lowest BCUT2D eigenvalue weighted by molar-refractivity contribution is 0.108. The molecule has 7 heterocycles. The van der Waals surface area contributed by atoms with Gasteiger partial charge in [0, 0.05) is 41.8 Å². The van der Waals surface area contributed by atoms with E-state index in [9.17, 15) is 0 Å². The van der Waals surface area contributed by atoms with Gasteiger partial charge in [-0.2, -0.15) is 9.97 Å². The van der Waals surface area contributed by atoms with E-state index in [0.717, 1.165) is 74.7 Å². The summed E-state index contributed by atoms with van der Waals surface area (Å²) in [4.78, 5) is 19.4. The Hall–Kier alpha value is -4.22. The van der Waals surface area contributed by atoms with Crippen LogP contribution in [0.3, 0.4) is 0 Å². The molecule has 0 saturated carbocycles. The van der Waals surface area contributed by atoms with Crippen molar-refractivity contribution in [1.82, 2.24) is 40.6 Å². The Morgan fingerprint density at radius 3 is 2.69 bits per heavy atom. The molecule has 5 aromatic rings. The first kappa shape index (κ1) is 27.1. The van der Waals surface area contributed by atoms with Gasteiger partial charge in [-0.25, -0.2) is 4.39 Å². The van der Waals surface area contributed by atoms with Crippen molar-refractivity contribution in [3.8, 4) is 28.5 Å². The van der Waals surface area contributed by atoms with Crippen molar-refractivity contribution in [2.24, 2.45) is 5.92 Å². The van der Waals surface area contributed by atoms with Gasteiger partial charge in [-0.05, 0) is 69.5 Å². The van der Waals surface area contributed by atoms with Gasteiger partial charge in [0.25, 0.3) is 0 Å². The van der Waals surface area contributed by atoms with Gasteiger partial charge in [0.05, 0.1) is 17.1 Å². The van der Waals surface area contributed by atoms with E-state index in [1.165, 1.54) is 12.8 Å². The molecule has 2 aromatic carbocycles. The first-order chi connectivity index (χ1) is 22.1. The summed E-state index contributed by atoms with van der Waals surface area (Å²) in [6.07, 6.45) is 10.3. The third-order valence-electron chi connectivity index (χ3n) is 10.6. The highest BCUT2D eigenvalue weighted by Crippen LogP contribution is 2.41. The first-order valence-electron chi connectivity index (χ1n) is 16.3. The Labute approximate surface area is 260 Å². The van der Waals surface area contributed by atoms with Crippen LogP contribution in [0.4, 0.5) is 10.2 Å². The zero-order chi connectivity index (χ0) is 30.0. The van der Waals surface area contributed by atoms with Crippen LogP contribution < -0.4 is 15.0 Å². The van der Waals surface area contributed by atoms with Gasteiger partial charge in [0.2, 0.25) is 0 Å². The van der Waals surface area contributed by atoms with Crippen LogP contribution in [-0.2, 0) is 0 Å². The standard InChI is InChI=1S/C34H36FN9O/c35-29-30(25-8-2-6-22-5-1-7-24(28(22)25)27-18-38-42-41-27)37-17-26-31(29)39-33(45-20-34-10-3-12-44(34)13-4-11-34)40-32(26)43-14-9-21-15-23(19-43)36-16-21/h1-2,5-8,17-18,21,23,36H,3-4,9-16,19-20H2,(H,38,41,42). The van der Waals surface area contributed by atoms with Crippen LogP contribution in [0.25, 0.3) is 44.2 Å². The van der Waals surface area contributed by atoms with Gasteiger partial charge in [0.15, 0.2) is 5.82 Å². The molecule has 9 rings (SSSR count). The lowest BCUT2D eigenvalue weighted by Crippen LogP contribution is -2.43. The maximum Gasteiger partial charge on any atom is 0.319 e. The molecule has 2 N–H and O–H groups in total. The molecule has 0 radical (unpaired) electrons. The molecule has 10 nitrogen and oxygen atoms in total. The second kappa shape index (κ2) is 10.7. The zero-order valence-corrected chi connectivity index (χ0v) is 25.2. The molecule has 3 aromatic heterocycles. The quantitative estimate of drug-likeness (QED) is 0.278. The van der Waals surface area contributed by atoms with Crippen LogP contribution in [0.2, 0.25) is 0 Å². The van der Waals surface area contributed by atoms with E-state index < -0.39 is 5.82 Å². The summed E-state index contributed by atoms with van der Waals surface area (Å²) in [7, 11) is 0. The maximum absolute atomic E-state index is 17.0. The average molecular weight is 606 g/mol. The van der Waals surface area contributed by atoms with Gasteiger partial charge in [-0.1, -0.05) is 41.6 Å². The van der Waals surface area contributed by atoms with E-state index in [1.807, 2.05) is 36.4 Å². The number of rotatable bonds is 6. The topological polar surface area (TPSA) is 108 Å². The van der Waals surface area contributed by atoms with Crippen molar-refractivity contribution in [2.45, 2.75) is 50.1 Å². The van der Waals surface area contributed by atoms with Crippen molar-refractivity contribution in [2.75, 3.05) is 44.2 Å². The number of halogens is 1. The fourth-order valence-corrected chi connectivity index (χ4v) is 8.41. The number of pyridine rings is 1. The number of nitrogens with one attached hydrogen (secondary N) is 2. The number of hydrogen-bond acceptors (Lipinski definition) is 9. The van der Waals surface area contributed by atoms with Crippen LogP contribution in [0.1, 0.15) is 38.5 Å². The van der Waals surface area contributed by atoms with Crippen molar-refractivity contribution in [3.63, 3.8) is 0 Å². The number of anilines is 1. The van der Waals surface area contributed by atoms with E-state index in [-0.39, 0.29) is 22.8 Å². The summed E-state index contributed by atoms with van der Waals surface area (Å²) in [6, 6.07) is 12.5. The van der Waals surface area contributed by atoms with Crippen LogP contribution in [0, 0.1) is 11.7 Å². The van der Waals surface area contributed by atoms with Crippen LogP contribution in [-0.4, -0.2) is 86.2 Å². The Kier molecular flexibility index (Phi) is 6.45. The second-order valence-electron chi connectivity index (χ2n) is 13.2. The number of benzene rings is 2. The Morgan fingerprint density at radius 1 is 1.02 bits per heavy atom. The smallest absolute Gasteiger partial charge is 0.319 e. The van der Waals surface area contributed by atoms with Crippen LogP contribution in [0.5, 0.6) is 6.01 Å². The summed E-state index contributed by atoms with van der Waals surface area (Å²) >= 11 is 0. The summed E-state index contributed by atoms with van der Waals surface area (Å²) in [5.41, 5.74) is 2.74. The third-order valence-corrected chi connectivity index (χ3v) is 10.6. The normalized spacial score (nSPS) is 22.7. The minimum atomic E-state index is -0.473. The minimum absolute atomic E-state index is 0.0343. The molecule has 2 bridgehead atoms. The lowest BCUT2D eigenvalue weighted by atomic mass is 9.95. The third kappa shape index (κ3) is 4.54. The number of hydrogen-bond donors (Lipinski definition) is 2. The summed E-state index contributed by atoms with van der Waals surface area (Å²) in [5, 5.41) is 17.1. The Bertz CT molecular complexity index is 1880. The minimum Gasteiger partial charge on any atom is -0.461 e. The summed E-state index contributed by atoms with van der Waals surface area (Å²) in [6.45, 7) is 5.49. The molecule has 0 amide bonds. The predicted octanol–water partition coefficient (Wildman–Crippen LogP) is 4.96. The van der Waals surface area contributed by atoms with Crippen molar-refractivity contribution in [3.05, 3.63) is 54.6 Å². The highest BCUT2D eigenvalue weighted by molar-refractivity contribution is 6.06. The van der Waals surface area contributed by atoms with Crippen molar-refractivity contribution < 1.29 is 9.13 Å². The van der Waals surface area contributed by atoms with Gasteiger partial charge < -0.3 is 15.0 Å². The molecule has 0 spiro atoms. The van der Waals surface area contributed by atoms with Gasteiger partial charge in [-0.15, -0.1) is 5.10 Å². The number of fused-ring (bicyclic) bond motifs is 5. The summed E-state index contributed by atoms with van der Waals surface area (Å²) in [5.74, 6) is 0.889. The number of nitrogens with zero attached hydrogens (tertiary/aromatic N) is 7. The fraction of sp³-hybridized carbons (Fsp3) is 0.441. The van der Waals surface area contributed by atoms with E-state index in [4.69, 9.17) is 19.7 Å². The number of ether oxygens (including phenoxy) is 1. The van der Waals surface area contributed by atoms with Crippen LogP contribution >= 0.6 is 0 Å². The molecule has 4 saturated heterocycles. The number of H-pyrrole nitrogens is 1. The number of aromatic amines is 1. The lowest BCUT2D eigenvalue weighted by Gasteiger charge is -2.31. The van der Waals surface area contributed by atoms with Gasteiger partial charge in [-0.3, -0.25) is 15.0 Å². The molecule has 4 fully saturated rings. The molecule has 45 heavy (non-hydrogen) atoms. The van der Waals surface area contributed by atoms with E-state index in [0.29, 0.717) is 41.0 Å². The molecule has 11 heteroatoms. The maximum atomic E-state index is 17.0. The molecular formula is C34H36FN9O. The summed E-state index contributed by atoms with van der Waals surface area (Å²) < 4.78 is 23.4. The largest absolute Gasteiger partial charge is 0.461 e. The molecule has 0 aliphatic carbocycles. The monoisotopic (exact) mass is 605 g/mol.